The lowest BCUT2D eigenvalue weighted by atomic mass is 10.3. The molecular weight excluding hydrogens is 164 g/mol. The molecule has 13 heavy (non-hydrogen) atoms. The molecule has 0 saturated heterocycles. The van der Waals surface area contributed by atoms with E-state index in [1.54, 1.807) is 12.2 Å². The van der Waals surface area contributed by atoms with Crippen molar-refractivity contribution in [2.24, 2.45) is 0 Å². The van der Waals surface area contributed by atoms with Gasteiger partial charge < -0.3 is 4.74 Å². The van der Waals surface area contributed by atoms with Gasteiger partial charge in [0.15, 0.2) is 0 Å². The molecule has 0 spiro atoms. The van der Waals surface area contributed by atoms with Crippen molar-refractivity contribution in [3.63, 3.8) is 0 Å². The fourth-order valence-corrected chi connectivity index (χ4v) is 0.635. The molecule has 0 aliphatic carbocycles. The summed E-state index contributed by atoms with van der Waals surface area (Å²) in [4.78, 5) is 11.0. The molecule has 0 aliphatic heterocycles. The Balaban J connectivity index is 3.70. The third-order valence-corrected chi connectivity index (χ3v) is 1.24. The number of hydrogen-bond acceptors (Lipinski definition) is 2. The molecule has 0 amide bonds. The van der Waals surface area contributed by atoms with E-state index in [0.29, 0.717) is 13.0 Å². The van der Waals surface area contributed by atoms with Crippen molar-refractivity contribution in [1.82, 2.24) is 0 Å². The van der Waals surface area contributed by atoms with Crippen LogP contribution in [0.4, 0.5) is 0 Å². The zero-order valence-corrected chi connectivity index (χ0v) is 8.46. The summed E-state index contributed by atoms with van der Waals surface area (Å²) in [6.07, 6.45) is 5.62. The van der Waals surface area contributed by atoms with Crippen LogP contribution in [0.15, 0.2) is 29.5 Å². The first-order valence-electron chi connectivity index (χ1n) is 4.32. The van der Waals surface area contributed by atoms with Crippen LogP contribution in [0.1, 0.15) is 27.2 Å². The molecule has 0 fully saturated rings. The molecule has 0 unspecified atom stereocenters. The van der Waals surface area contributed by atoms with Crippen molar-refractivity contribution < 1.29 is 9.53 Å². The van der Waals surface area contributed by atoms with Gasteiger partial charge >= 0.3 is 5.97 Å². The lowest BCUT2D eigenvalue weighted by Gasteiger charge is -1.96. The van der Waals surface area contributed by atoms with Crippen molar-refractivity contribution in [2.45, 2.75) is 27.2 Å². The predicted molar refractivity (Wildman–Crippen MR) is 53.3 cm³/mol. The molecule has 0 aromatic carbocycles. The van der Waals surface area contributed by atoms with Gasteiger partial charge in [-0.2, -0.15) is 0 Å². The number of allylic oxidation sites excluding steroid dienone is 1. The summed E-state index contributed by atoms with van der Waals surface area (Å²) < 4.78 is 4.86. The van der Waals surface area contributed by atoms with Crippen molar-refractivity contribution in [3.05, 3.63) is 29.5 Å². The lowest BCUT2D eigenvalue weighted by Crippen LogP contribution is -2.02. The van der Waals surface area contributed by atoms with E-state index >= 15 is 0 Å². The maximum atomic E-state index is 11.0. The molecule has 2 heteroatoms. The van der Waals surface area contributed by atoms with Crippen molar-refractivity contribution in [3.8, 4) is 0 Å². The quantitative estimate of drug-likeness (QED) is 0.377. The molecule has 0 atom stereocenters. The van der Waals surface area contributed by atoms with Crippen LogP contribution in [0.25, 0.3) is 0 Å². The van der Waals surface area contributed by atoms with Gasteiger partial charge in [0.25, 0.3) is 0 Å². The summed E-state index contributed by atoms with van der Waals surface area (Å²) in [5.74, 6) is -0.216. The monoisotopic (exact) mass is 180 g/mol. The Hall–Kier alpha value is -1.27. The molecule has 0 aromatic rings. The highest BCUT2D eigenvalue weighted by Gasteiger charge is 1.95. The largest absolute Gasteiger partial charge is 0.461 e. The molecular formula is C11H16O2. The average Bonchev–Trinajstić information content (AvgIpc) is 2.04. The predicted octanol–water partition coefficient (Wildman–Crippen LogP) is 2.62. The van der Waals surface area contributed by atoms with E-state index in [9.17, 15) is 4.79 Å². The van der Waals surface area contributed by atoms with Crippen LogP contribution < -0.4 is 0 Å². The van der Waals surface area contributed by atoms with E-state index in [2.05, 4.69) is 5.73 Å². The van der Waals surface area contributed by atoms with Gasteiger partial charge in [-0.05, 0) is 32.4 Å². The Morgan fingerprint density at radius 3 is 2.69 bits per heavy atom. The third-order valence-electron chi connectivity index (χ3n) is 1.24. The smallest absolute Gasteiger partial charge is 0.310 e. The Morgan fingerprint density at radius 1 is 1.46 bits per heavy atom. The van der Waals surface area contributed by atoms with E-state index in [4.69, 9.17) is 4.74 Å². The van der Waals surface area contributed by atoms with Crippen LogP contribution in [0.2, 0.25) is 0 Å². The molecule has 72 valence electrons. The Labute approximate surface area is 79.6 Å². The second-order valence-electron chi connectivity index (χ2n) is 2.80. The van der Waals surface area contributed by atoms with Gasteiger partial charge in [0.05, 0.1) is 6.42 Å². The van der Waals surface area contributed by atoms with Gasteiger partial charge in [-0.3, -0.25) is 4.79 Å². The number of esters is 1. The lowest BCUT2D eigenvalue weighted by molar-refractivity contribution is -0.141. The first kappa shape index (κ1) is 11.7. The van der Waals surface area contributed by atoms with Crippen LogP contribution in [0.3, 0.4) is 0 Å². The molecule has 2 nitrogen and oxygen atoms in total. The normalized spacial score (nSPS) is 9.46. The van der Waals surface area contributed by atoms with Crippen LogP contribution in [-0.2, 0) is 9.53 Å². The summed E-state index contributed by atoms with van der Waals surface area (Å²) in [5.41, 5.74) is 4.00. The van der Waals surface area contributed by atoms with Crippen molar-refractivity contribution >= 4 is 5.97 Å². The van der Waals surface area contributed by atoms with E-state index in [1.165, 1.54) is 0 Å². The second kappa shape index (κ2) is 7.38. The molecule has 0 aliphatic rings. The third kappa shape index (κ3) is 8.64. The summed E-state index contributed by atoms with van der Waals surface area (Å²) in [6.45, 7) is 6.11. The number of carbonyl (C=O) groups is 1. The zero-order chi connectivity index (χ0) is 10.1. The maximum absolute atomic E-state index is 11.0. The van der Waals surface area contributed by atoms with Gasteiger partial charge in [0.1, 0.15) is 6.61 Å². The van der Waals surface area contributed by atoms with Crippen LogP contribution >= 0.6 is 0 Å². The van der Waals surface area contributed by atoms with Crippen molar-refractivity contribution in [1.29, 1.82) is 0 Å². The van der Waals surface area contributed by atoms with E-state index in [-0.39, 0.29) is 5.97 Å². The zero-order valence-electron chi connectivity index (χ0n) is 8.46. The summed E-state index contributed by atoms with van der Waals surface area (Å²) in [5, 5.41) is 0. The molecule has 0 bridgehead atoms. The molecule has 0 radical (unpaired) electrons. The van der Waals surface area contributed by atoms with Crippen LogP contribution in [0.5, 0.6) is 0 Å². The molecule has 0 heterocycles. The van der Waals surface area contributed by atoms with Gasteiger partial charge in [0, 0.05) is 0 Å². The first-order chi connectivity index (χ1) is 6.16. The average molecular weight is 180 g/mol. The molecule has 0 aromatic heterocycles. The Kier molecular flexibility index (Phi) is 6.66. The Morgan fingerprint density at radius 2 is 2.15 bits per heavy atom. The fourth-order valence-electron chi connectivity index (χ4n) is 0.635. The maximum Gasteiger partial charge on any atom is 0.310 e. The van der Waals surface area contributed by atoms with Gasteiger partial charge in [-0.25, -0.2) is 0 Å². The highest BCUT2D eigenvalue weighted by Crippen LogP contribution is 1.90. The Bertz CT molecular complexity index is 239. The van der Waals surface area contributed by atoms with E-state index in [1.807, 2.05) is 26.8 Å². The minimum Gasteiger partial charge on any atom is -0.461 e. The highest BCUT2D eigenvalue weighted by molar-refractivity contribution is 5.71. The van der Waals surface area contributed by atoms with Gasteiger partial charge in [0.2, 0.25) is 0 Å². The summed E-state index contributed by atoms with van der Waals surface area (Å²) >= 11 is 0. The second-order valence-corrected chi connectivity index (χ2v) is 2.80. The highest BCUT2D eigenvalue weighted by atomic mass is 16.5. The minimum atomic E-state index is -0.216. The van der Waals surface area contributed by atoms with Gasteiger partial charge in [-0.15, -0.1) is 5.73 Å². The molecule has 0 rings (SSSR count). The standard InChI is InChI=1S/C11H16O2/c1-4-5-9-13-11(12)8-6-7-10(2)3/h4-6H,8-9H2,1-3H3/b5-4+. The fraction of sp³-hybridized carbons (Fsp3) is 0.455. The van der Waals surface area contributed by atoms with E-state index in [0.717, 1.165) is 5.57 Å². The summed E-state index contributed by atoms with van der Waals surface area (Å²) in [7, 11) is 0. The SMILES string of the molecule is C/C=C/COC(=O)CC=C=C(C)C. The number of rotatable bonds is 4. The van der Waals surface area contributed by atoms with E-state index < -0.39 is 0 Å². The number of carbonyl (C=O) groups excluding carboxylic acids is 1. The van der Waals surface area contributed by atoms with Gasteiger partial charge in [-0.1, -0.05) is 12.2 Å². The number of hydrogen-bond donors (Lipinski definition) is 0. The van der Waals surface area contributed by atoms with Crippen LogP contribution in [-0.4, -0.2) is 12.6 Å². The molecule has 0 N–H and O–H groups in total. The topological polar surface area (TPSA) is 26.3 Å². The minimum absolute atomic E-state index is 0.216. The van der Waals surface area contributed by atoms with Crippen LogP contribution in [0, 0.1) is 0 Å². The molecule has 0 saturated carbocycles. The first-order valence-corrected chi connectivity index (χ1v) is 4.32. The number of ether oxygens (including phenoxy) is 1. The van der Waals surface area contributed by atoms with Crippen molar-refractivity contribution in [2.75, 3.05) is 6.61 Å². The summed E-state index contributed by atoms with van der Waals surface area (Å²) in [6, 6.07) is 0.